The molecule has 0 unspecified atom stereocenters. The number of hydrogen-bond donors (Lipinski definition) is 2. The van der Waals surface area contributed by atoms with Crippen LogP contribution in [0.15, 0.2) is 12.3 Å². The van der Waals surface area contributed by atoms with Crippen molar-refractivity contribution >= 4 is 36.8 Å². The van der Waals surface area contributed by atoms with E-state index in [2.05, 4.69) is 15.3 Å². The van der Waals surface area contributed by atoms with E-state index in [0.717, 1.165) is 18.5 Å². The highest BCUT2D eigenvalue weighted by Crippen LogP contribution is 2.17. The minimum Gasteiger partial charge on any atom is -0.480 e. The van der Waals surface area contributed by atoms with Crippen LogP contribution in [-0.4, -0.2) is 29.7 Å². The minimum atomic E-state index is 0. The first-order valence-corrected chi connectivity index (χ1v) is 5.74. The van der Waals surface area contributed by atoms with Gasteiger partial charge in [0.2, 0.25) is 11.8 Å². The lowest BCUT2D eigenvalue weighted by molar-refractivity contribution is 0.396. The Kier molecular flexibility index (Phi) is 11.6. The van der Waals surface area contributed by atoms with Crippen LogP contribution in [-0.2, 0) is 0 Å². The Balaban J connectivity index is 0. The first-order valence-electron chi connectivity index (χ1n) is 5.74. The standard InChI is InChI=1S/C12H20N4O.2ClH/c1-4-14-12-15-8-10(11(16-12)17-3)7-5-6-9(2)13;;/h5,7-9H,4,6,13H2,1-3H3,(H,14,15,16);2*1H/b7-5+;;/t9-;;/m0../s1. The molecule has 0 radical (unpaired) electrons. The Morgan fingerprint density at radius 1 is 1.47 bits per heavy atom. The van der Waals surface area contributed by atoms with Crippen LogP contribution in [0.4, 0.5) is 5.95 Å². The van der Waals surface area contributed by atoms with Gasteiger partial charge in [0.1, 0.15) is 0 Å². The maximum Gasteiger partial charge on any atom is 0.225 e. The van der Waals surface area contributed by atoms with Crippen molar-refractivity contribution in [2.24, 2.45) is 5.73 Å². The largest absolute Gasteiger partial charge is 0.480 e. The van der Waals surface area contributed by atoms with Crippen LogP contribution in [0.5, 0.6) is 5.88 Å². The van der Waals surface area contributed by atoms with Crippen molar-refractivity contribution in [2.45, 2.75) is 26.3 Å². The van der Waals surface area contributed by atoms with E-state index >= 15 is 0 Å². The number of ether oxygens (including phenoxy) is 1. The summed E-state index contributed by atoms with van der Waals surface area (Å²) >= 11 is 0. The summed E-state index contributed by atoms with van der Waals surface area (Å²) in [5.74, 6) is 1.14. The maximum atomic E-state index is 5.67. The molecule has 0 fully saturated rings. The van der Waals surface area contributed by atoms with Crippen LogP contribution < -0.4 is 15.8 Å². The van der Waals surface area contributed by atoms with Gasteiger partial charge < -0.3 is 15.8 Å². The summed E-state index contributed by atoms with van der Waals surface area (Å²) < 4.78 is 5.22. The second kappa shape index (κ2) is 10.8. The number of rotatable bonds is 6. The number of nitrogens with two attached hydrogens (primary N) is 1. The van der Waals surface area contributed by atoms with Gasteiger partial charge >= 0.3 is 0 Å². The lowest BCUT2D eigenvalue weighted by Crippen LogP contribution is -2.12. The average Bonchev–Trinajstić information content (AvgIpc) is 2.30. The lowest BCUT2D eigenvalue weighted by atomic mass is 10.2. The van der Waals surface area contributed by atoms with Gasteiger partial charge in [0.15, 0.2) is 0 Å². The van der Waals surface area contributed by atoms with Gasteiger partial charge in [0.25, 0.3) is 0 Å². The van der Waals surface area contributed by atoms with Crippen molar-refractivity contribution in [2.75, 3.05) is 19.0 Å². The molecule has 1 aromatic heterocycles. The number of aromatic nitrogens is 2. The smallest absolute Gasteiger partial charge is 0.225 e. The second-order valence-electron chi connectivity index (χ2n) is 3.80. The molecule has 1 atom stereocenters. The molecule has 19 heavy (non-hydrogen) atoms. The lowest BCUT2D eigenvalue weighted by Gasteiger charge is -2.06. The van der Waals surface area contributed by atoms with Crippen molar-refractivity contribution in [1.82, 2.24) is 9.97 Å². The van der Waals surface area contributed by atoms with Gasteiger partial charge in [-0.2, -0.15) is 4.98 Å². The zero-order valence-corrected chi connectivity index (χ0v) is 13.1. The van der Waals surface area contributed by atoms with Crippen molar-refractivity contribution < 1.29 is 4.74 Å². The fourth-order valence-corrected chi connectivity index (χ4v) is 1.31. The summed E-state index contributed by atoms with van der Waals surface area (Å²) in [5.41, 5.74) is 6.52. The quantitative estimate of drug-likeness (QED) is 0.844. The molecule has 0 aromatic carbocycles. The zero-order valence-electron chi connectivity index (χ0n) is 11.4. The molecule has 1 heterocycles. The topological polar surface area (TPSA) is 73.1 Å². The van der Waals surface area contributed by atoms with E-state index < -0.39 is 0 Å². The molecule has 0 amide bonds. The van der Waals surface area contributed by atoms with Gasteiger partial charge in [-0.25, -0.2) is 4.98 Å². The highest BCUT2D eigenvalue weighted by atomic mass is 35.5. The molecule has 5 nitrogen and oxygen atoms in total. The van der Waals surface area contributed by atoms with Crippen LogP contribution in [0.1, 0.15) is 25.8 Å². The van der Waals surface area contributed by atoms with E-state index in [4.69, 9.17) is 10.5 Å². The second-order valence-corrected chi connectivity index (χ2v) is 3.80. The number of hydrogen-bond acceptors (Lipinski definition) is 5. The molecule has 0 spiro atoms. The summed E-state index contributed by atoms with van der Waals surface area (Å²) in [7, 11) is 1.60. The molecular weight excluding hydrogens is 287 g/mol. The number of anilines is 1. The first-order chi connectivity index (χ1) is 8.17. The SMILES string of the molecule is CCNc1ncc(/C=C/C[C@H](C)N)c(OC)n1.Cl.Cl. The molecular formula is C12H22Cl2N4O. The molecule has 0 bridgehead atoms. The van der Waals surface area contributed by atoms with E-state index in [-0.39, 0.29) is 30.9 Å². The van der Waals surface area contributed by atoms with Gasteiger partial charge in [-0.3, -0.25) is 0 Å². The van der Waals surface area contributed by atoms with E-state index in [0.29, 0.717) is 11.8 Å². The van der Waals surface area contributed by atoms with Crippen LogP contribution >= 0.6 is 24.8 Å². The molecule has 3 N–H and O–H groups in total. The highest BCUT2D eigenvalue weighted by molar-refractivity contribution is 5.85. The van der Waals surface area contributed by atoms with Crippen molar-refractivity contribution in [1.29, 1.82) is 0 Å². The van der Waals surface area contributed by atoms with Crippen LogP contribution in [0.25, 0.3) is 6.08 Å². The Morgan fingerprint density at radius 3 is 2.68 bits per heavy atom. The van der Waals surface area contributed by atoms with Gasteiger partial charge in [-0.15, -0.1) is 24.8 Å². The zero-order chi connectivity index (χ0) is 12.7. The number of nitrogens with one attached hydrogen (secondary N) is 1. The third kappa shape index (κ3) is 7.20. The Bertz CT molecular complexity index is 386. The summed E-state index contributed by atoms with van der Waals surface area (Å²) in [6.45, 7) is 4.74. The first kappa shape index (κ1) is 20.3. The molecule has 0 saturated heterocycles. The summed E-state index contributed by atoms with van der Waals surface area (Å²) in [6, 6.07) is 0.152. The third-order valence-electron chi connectivity index (χ3n) is 2.11. The van der Waals surface area contributed by atoms with Gasteiger partial charge in [-0.1, -0.05) is 12.2 Å². The Labute approximate surface area is 126 Å². The van der Waals surface area contributed by atoms with E-state index in [1.807, 2.05) is 26.0 Å². The highest BCUT2D eigenvalue weighted by Gasteiger charge is 2.04. The maximum absolute atomic E-state index is 5.67. The molecule has 0 aliphatic heterocycles. The molecule has 7 heteroatoms. The van der Waals surface area contributed by atoms with Crippen LogP contribution in [0, 0.1) is 0 Å². The fraction of sp³-hybridized carbons (Fsp3) is 0.500. The van der Waals surface area contributed by atoms with Crippen molar-refractivity contribution in [3.8, 4) is 5.88 Å². The van der Waals surface area contributed by atoms with Crippen molar-refractivity contribution in [3.63, 3.8) is 0 Å². The molecule has 1 rings (SSSR count). The predicted molar refractivity (Wildman–Crippen MR) is 84.5 cm³/mol. The van der Waals surface area contributed by atoms with E-state index in [9.17, 15) is 0 Å². The van der Waals surface area contributed by atoms with Gasteiger partial charge in [0, 0.05) is 18.8 Å². The summed E-state index contributed by atoms with van der Waals surface area (Å²) in [4.78, 5) is 8.44. The average molecular weight is 309 g/mol. The monoisotopic (exact) mass is 308 g/mol. The predicted octanol–water partition coefficient (Wildman–Crippen LogP) is 2.51. The normalized spacial score (nSPS) is 11.4. The number of nitrogens with zero attached hydrogens (tertiary/aromatic N) is 2. The van der Waals surface area contributed by atoms with Gasteiger partial charge in [0.05, 0.1) is 12.7 Å². The van der Waals surface area contributed by atoms with Crippen molar-refractivity contribution in [3.05, 3.63) is 17.8 Å². The van der Waals surface area contributed by atoms with Gasteiger partial charge in [-0.05, 0) is 20.3 Å². The van der Waals surface area contributed by atoms with Crippen LogP contribution in [0.2, 0.25) is 0 Å². The fourth-order valence-electron chi connectivity index (χ4n) is 1.31. The number of halogens is 2. The molecule has 110 valence electrons. The van der Waals surface area contributed by atoms with E-state index in [1.165, 1.54) is 0 Å². The van der Waals surface area contributed by atoms with E-state index in [1.54, 1.807) is 13.3 Å². The third-order valence-corrected chi connectivity index (χ3v) is 2.11. The molecule has 0 aliphatic carbocycles. The summed E-state index contributed by atoms with van der Waals surface area (Å²) in [6.07, 6.45) is 6.48. The van der Waals surface area contributed by atoms with Crippen LogP contribution in [0.3, 0.4) is 0 Å². The number of methoxy groups -OCH3 is 1. The summed E-state index contributed by atoms with van der Waals surface area (Å²) in [5, 5.41) is 3.04. The Morgan fingerprint density at radius 2 is 2.16 bits per heavy atom. The minimum absolute atomic E-state index is 0. The molecule has 1 aromatic rings. The molecule has 0 saturated carbocycles. The Hall–Kier alpha value is -1.04. The molecule has 0 aliphatic rings.